The number of aliphatic hydroxyl groups excluding tert-OH is 4. The minimum Gasteiger partial charge on any atom is -0.462 e. The number of aliphatic hydroxyl groups is 4. The van der Waals surface area contributed by atoms with Gasteiger partial charge in [0.05, 0.1) is 18.5 Å². The minimum absolute atomic E-state index is 0.344. The van der Waals surface area contributed by atoms with Crippen LogP contribution in [-0.2, 0) is 4.74 Å². The van der Waals surface area contributed by atoms with Gasteiger partial charge < -0.3 is 40.5 Å². The highest BCUT2D eigenvalue weighted by atomic mass is 32.1. The fourth-order valence-electron chi connectivity index (χ4n) is 3.43. The van der Waals surface area contributed by atoms with Crippen LogP contribution in [0.25, 0.3) is 22.4 Å². The number of aromatic nitrogens is 3. The SMILES string of the molecule is C=CCNC(=S)Nc1ccc2ncc(-c3ccc(OC4OC(CO)C(O)C(O)C4O)cc3)nc2n1. The van der Waals surface area contributed by atoms with E-state index < -0.39 is 37.3 Å². The summed E-state index contributed by atoms with van der Waals surface area (Å²) in [6.45, 7) is 3.62. The van der Waals surface area contributed by atoms with Crippen LogP contribution in [-0.4, -0.2) is 84.3 Å². The van der Waals surface area contributed by atoms with Gasteiger partial charge in [0.25, 0.3) is 0 Å². The molecule has 3 aromatic rings. The quantitative estimate of drug-likeness (QED) is 0.196. The standard InChI is InChI=1S/C23H25N5O6S/c1-2-9-24-23(35)28-17-8-7-14-21(27-17)26-15(10-25-14)12-3-5-13(6-4-12)33-22-20(32)19(31)18(30)16(11-29)34-22/h2-8,10,16,18-20,22,29-32H,1,9,11H2,(H2,24,26,27,28,35). The van der Waals surface area contributed by atoms with Crippen molar-refractivity contribution in [2.24, 2.45) is 0 Å². The molecule has 184 valence electrons. The third-order valence-corrected chi connectivity index (χ3v) is 5.55. The Balaban J connectivity index is 1.48. The second-order valence-corrected chi connectivity index (χ2v) is 8.17. The van der Waals surface area contributed by atoms with E-state index in [4.69, 9.17) is 21.7 Å². The number of hydrogen-bond donors (Lipinski definition) is 6. The fraction of sp³-hybridized carbons (Fsp3) is 0.304. The first-order chi connectivity index (χ1) is 16.9. The van der Waals surface area contributed by atoms with Crippen LogP contribution in [0.4, 0.5) is 5.82 Å². The molecule has 0 saturated carbocycles. The Hall–Kier alpha value is -3.26. The molecule has 0 spiro atoms. The van der Waals surface area contributed by atoms with Crippen molar-refractivity contribution in [2.45, 2.75) is 30.7 Å². The predicted octanol–water partition coefficient (Wildman–Crippen LogP) is 0.343. The molecule has 1 saturated heterocycles. The van der Waals surface area contributed by atoms with Gasteiger partial charge in [-0.15, -0.1) is 6.58 Å². The summed E-state index contributed by atoms with van der Waals surface area (Å²) in [6.07, 6.45) is -3.46. The number of nitrogens with zero attached hydrogens (tertiary/aromatic N) is 3. The first-order valence-electron chi connectivity index (χ1n) is 10.8. The number of thiocarbonyl (C=S) groups is 1. The Kier molecular flexibility index (Phi) is 7.80. The van der Waals surface area contributed by atoms with Crippen molar-refractivity contribution in [2.75, 3.05) is 18.5 Å². The maximum Gasteiger partial charge on any atom is 0.229 e. The van der Waals surface area contributed by atoms with Gasteiger partial charge in [-0.2, -0.15) is 0 Å². The van der Waals surface area contributed by atoms with Crippen molar-refractivity contribution < 1.29 is 29.9 Å². The molecule has 1 aliphatic heterocycles. The number of hydrogen-bond acceptors (Lipinski definition) is 10. The maximum atomic E-state index is 10.1. The second kappa shape index (κ2) is 11.0. The summed E-state index contributed by atoms with van der Waals surface area (Å²) in [6, 6.07) is 10.3. The summed E-state index contributed by atoms with van der Waals surface area (Å²) in [5, 5.41) is 45.6. The largest absolute Gasteiger partial charge is 0.462 e. The van der Waals surface area contributed by atoms with Gasteiger partial charge in [0.1, 0.15) is 41.5 Å². The van der Waals surface area contributed by atoms with Crippen LogP contribution in [0.15, 0.2) is 55.3 Å². The lowest BCUT2D eigenvalue weighted by molar-refractivity contribution is -0.277. The van der Waals surface area contributed by atoms with E-state index in [1.165, 1.54) is 0 Å². The molecule has 0 aliphatic carbocycles. The lowest BCUT2D eigenvalue weighted by atomic mass is 9.99. The lowest BCUT2D eigenvalue weighted by Crippen LogP contribution is -2.60. The van der Waals surface area contributed by atoms with E-state index in [-0.39, 0.29) is 0 Å². The minimum atomic E-state index is -1.52. The molecule has 1 aromatic carbocycles. The molecule has 11 nitrogen and oxygen atoms in total. The van der Waals surface area contributed by atoms with Gasteiger partial charge in [0.15, 0.2) is 10.8 Å². The van der Waals surface area contributed by atoms with Gasteiger partial charge in [-0.25, -0.2) is 9.97 Å². The van der Waals surface area contributed by atoms with Gasteiger partial charge >= 0.3 is 0 Å². The summed E-state index contributed by atoms with van der Waals surface area (Å²) in [4.78, 5) is 13.5. The highest BCUT2D eigenvalue weighted by Crippen LogP contribution is 2.26. The second-order valence-electron chi connectivity index (χ2n) is 7.76. The highest BCUT2D eigenvalue weighted by molar-refractivity contribution is 7.80. The normalized spacial score (nSPS) is 24.1. The number of pyridine rings is 1. The topological polar surface area (TPSA) is 162 Å². The molecule has 3 heterocycles. The van der Waals surface area contributed by atoms with Gasteiger partial charge in [-0.1, -0.05) is 6.08 Å². The predicted molar refractivity (Wildman–Crippen MR) is 132 cm³/mol. The van der Waals surface area contributed by atoms with E-state index in [0.717, 1.165) is 5.56 Å². The van der Waals surface area contributed by atoms with Crippen LogP contribution in [0.1, 0.15) is 0 Å². The number of benzene rings is 1. The van der Waals surface area contributed by atoms with Crippen molar-refractivity contribution >= 4 is 34.3 Å². The number of fused-ring (bicyclic) bond motifs is 1. The number of rotatable bonds is 7. The zero-order valence-corrected chi connectivity index (χ0v) is 19.3. The monoisotopic (exact) mass is 499 g/mol. The first-order valence-corrected chi connectivity index (χ1v) is 11.2. The van der Waals surface area contributed by atoms with Crippen molar-refractivity contribution in [3.63, 3.8) is 0 Å². The zero-order valence-electron chi connectivity index (χ0n) is 18.5. The first kappa shape index (κ1) is 24.9. The van der Waals surface area contributed by atoms with Gasteiger partial charge in [-0.05, 0) is 48.6 Å². The van der Waals surface area contributed by atoms with Crippen LogP contribution in [0.2, 0.25) is 0 Å². The van der Waals surface area contributed by atoms with E-state index in [1.54, 1.807) is 48.7 Å². The number of anilines is 1. The molecule has 4 rings (SSSR count). The molecular formula is C23H25N5O6S. The lowest BCUT2D eigenvalue weighted by Gasteiger charge is -2.39. The Bertz CT molecular complexity index is 1190. The van der Waals surface area contributed by atoms with E-state index in [0.29, 0.717) is 40.1 Å². The van der Waals surface area contributed by atoms with Gasteiger partial charge in [0, 0.05) is 12.1 Å². The van der Waals surface area contributed by atoms with Crippen molar-refractivity contribution in [1.82, 2.24) is 20.3 Å². The fourth-order valence-corrected chi connectivity index (χ4v) is 3.62. The molecule has 1 aliphatic rings. The molecule has 2 aromatic heterocycles. The van der Waals surface area contributed by atoms with Crippen LogP contribution in [0.3, 0.4) is 0 Å². The molecule has 6 N–H and O–H groups in total. The molecular weight excluding hydrogens is 474 g/mol. The highest BCUT2D eigenvalue weighted by Gasteiger charge is 2.44. The van der Waals surface area contributed by atoms with E-state index in [1.807, 2.05) is 0 Å². The number of nitrogens with one attached hydrogen (secondary N) is 2. The zero-order chi connectivity index (χ0) is 24.9. The molecule has 35 heavy (non-hydrogen) atoms. The third kappa shape index (κ3) is 5.70. The van der Waals surface area contributed by atoms with Crippen LogP contribution in [0.5, 0.6) is 5.75 Å². The Labute approximate surface area is 206 Å². The Morgan fingerprint density at radius 3 is 2.57 bits per heavy atom. The maximum absolute atomic E-state index is 10.1. The van der Waals surface area contributed by atoms with Crippen LogP contribution in [0, 0.1) is 0 Å². The van der Waals surface area contributed by atoms with E-state index >= 15 is 0 Å². The number of ether oxygens (including phenoxy) is 2. The molecule has 5 atom stereocenters. The Morgan fingerprint density at radius 1 is 1.09 bits per heavy atom. The van der Waals surface area contributed by atoms with Gasteiger partial charge in [-0.3, -0.25) is 4.98 Å². The Morgan fingerprint density at radius 2 is 1.86 bits per heavy atom. The molecule has 0 amide bonds. The van der Waals surface area contributed by atoms with E-state index in [2.05, 4.69) is 32.2 Å². The summed E-state index contributed by atoms with van der Waals surface area (Å²) < 4.78 is 11.0. The van der Waals surface area contributed by atoms with Crippen molar-refractivity contribution in [1.29, 1.82) is 0 Å². The summed E-state index contributed by atoms with van der Waals surface area (Å²) >= 11 is 5.21. The van der Waals surface area contributed by atoms with E-state index in [9.17, 15) is 20.4 Å². The summed E-state index contributed by atoms with van der Waals surface area (Å²) in [5.74, 6) is 0.866. The molecule has 12 heteroatoms. The average Bonchev–Trinajstić information content (AvgIpc) is 2.87. The smallest absolute Gasteiger partial charge is 0.229 e. The molecule has 0 radical (unpaired) electrons. The molecule has 5 unspecified atom stereocenters. The summed E-state index contributed by atoms with van der Waals surface area (Å²) in [5.41, 5.74) is 2.37. The van der Waals surface area contributed by atoms with Crippen LogP contribution >= 0.6 is 12.2 Å². The van der Waals surface area contributed by atoms with Crippen LogP contribution < -0.4 is 15.4 Å². The van der Waals surface area contributed by atoms with Gasteiger partial charge in [0.2, 0.25) is 6.29 Å². The average molecular weight is 500 g/mol. The van der Waals surface area contributed by atoms with Crippen molar-refractivity contribution in [3.8, 4) is 17.0 Å². The summed E-state index contributed by atoms with van der Waals surface area (Å²) in [7, 11) is 0. The molecule has 1 fully saturated rings. The third-order valence-electron chi connectivity index (χ3n) is 5.31. The molecule has 0 bridgehead atoms. The van der Waals surface area contributed by atoms with Crippen molar-refractivity contribution in [3.05, 3.63) is 55.3 Å².